The molecular formula is C31H36N4O4S2. The Morgan fingerprint density at radius 1 is 1.12 bits per heavy atom. The van der Waals surface area contributed by atoms with Crippen molar-refractivity contribution in [3.05, 3.63) is 93.4 Å². The highest BCUT2D eigenvalue weighted by Crippen LogP contribution is 2.29. The quantitative estimate of drug-likeness (QED) is 0.302. The van der Waals surface area contributed by atoms with E-state index >= 15 is 0 Å². The van der Waals surface area contributed by atoms with Crippen LogP contribution in [0.2, 0.25) is 0 Å². The molecule has 0 radical (unpaired) electrons. The van der Waals surface area contributed by atoms with Crippen molar-refractivity contribution < 1.29 is 19.5 Å². The van der Waals surface area contributed by atoms with Crippen molar-refractivity contribution in [1.29, 1.82) is 0 Å². The number of carboxylic acids is 1. The molecule has 1 atom stereocenters. The first-order chi connectivity index (χ1) is 19.9. The number of amides is 2. The molecule has 4 rings (SSSR count). The highest BCUT2D eigenvalue weighted by atomic mass is 32.2. The molecule has 0 spiro atoms. The number of rotatable bonds is 13. The third-order valence-electron chi connectivity index (χ3n) is 7.13. The van der Waals surface area contributed by atoms with Gasteiger partial charge in [-0.05, 0) is 54.0 Å². The van der Waals surface area contributed by atoms with Gasteiger partial charge in [0.15, 0.2) is 0 Å². The van der Waals surface area contributed by atoms with Crippen LogP contribution in [0.15, 0.2) is 71.1 Å². The van der Waals surface area contributed by atoms with Crippen molar-refractivity contribution in [3.63, 3.8) is 0 Å². The van der Waals surface area contributed by atoms with Gasteiger partial charge < -0.3 is 15.3 Å². The summed E-state index contributed by atoms with van der Waals surface area (Å²) in [6.07, 6.45) is 2.60. The Kier molecular flexibility index (Phi) is 11.1. The van der Waals surface area contributed by atoms with E-state index in [1.54, 1.807) is 22.2 Å². The number of carbonyl (C=O) groups is 3. The van der Waals surface area contributed by atoms with E-state index in [0.717, 1.165) is 28.0 Å². The van der Waals surface area contributed by atoms with Gasteiger partial charge in [-0.2, -0.15) is 11.8 Å². The van der Waals surface area contributed by atoms with Gasteiger partial charge in [-0.1, -0.05) is 54.6 Å². The molecule has 216 valence electrons. The van der Waals surface area contributed by atoms with Gasteiger partial charge >= 0.3 is 5.97 Å². The fourth-order valence-corrected chi connectivity index (χ4v) is 5.99. The summed E-state index contributed by atoms with van der Waals surface area (Å²) in [5, 5.41) is 14.4. The number of aryl methyl sites for hydroxylation is 1. The van der Waals surface area contributed by atoms with Gasteiger partial charge in [0.2, 0.25) is 11.8 Å². The van der Waals surface area contributed by atoms with Gasteiger partial charge in [-0.3, -0.25) is 14.5 Å². The average molecular weight is 593 g/mol. The molecule has 8 nitrogen and oxygen atoms in total. The Morgan fingerprint density at radius 3 is 2.56 bits per heavy atom. The Hall–Kier alpha value is -3.47. The molecular weight excluding hydrogens is 556 g/mol. The molecule has 1 unspecified atom stereocenters. The van der Waals surface area contributed by atoms with Crippen LogP contribution in [-0.4, -0.2) is 75.4 Å². The molecule has 2 heterocycles. The van der Waals surface area contributed by atoms with Crippen LogP contribution in [0.1, 0.15) is 35.2 Å². The van der Waals surface area contributed by atoms with Crippen molar-refractivity contribution in [2.75, 3.05) is 31.6 Å². The van der Waals surface area contributed by atoms with E-state index in [0.29, 0.717) is 43.8 Å². The fraction of sp³-hybridized carbons (Fsp3) is 0.355. The number of hydrogen-bond donors (Lipinski definition) is 2. The minimum atomic E-state index is -1.04. The van der Waals surface area contributed by atoms with Crippen LogP contribution >= 0.6 is 23.1 Å². The molecule has 3 aromatic rings. The maximum Gasteiger partial charge on any atom is 0.326 e. The average Bonchev–Trinajstić information content (AvgIpc) is 3.48. The van der Waals surface area contributed by atoms with Gasteiger partial charge in [0, 0.05) is 37.1 Å². The predicted octanol–water partition coefficient (Wildman–Crippen LogP) is 4.46. The number of carbonyl (C=O) groups excluding carboxylic acids is 2. The van der Waals surface area contributed by atoms with Crippen molar-refractivity contribution in [2.24, 2.45) is 0 Å². The van der Waals surface area contributed by atoms with Gasteiger partial charge in [0.25, 0.3) is 0 Å². The number of aromatic nitrogens is 1. The Morgan fingerprint density at radius 2 is 1.88 bits per heavy atom. The molecule has 0 bridgehead atoms. The number of thioether (sulfide) groups is 1. The maximum atomic E-state index is 13.7. The largest absolute Gasteiger partial charge is 0.480 e. The van der Waals surface area contributed by atoms with Gasteiger partial charge in [-0.15, -0.1) is 11.3 Å². The number of benzene rings is 2. The summed E-state index contributed by atoms with van der Waals surface area (Å²) >= 11 is 3.07. The first kappa shape index (κ1) is 30.5. The SMILES string of the molecule is CSCCC(NC(=O)C1=C(c2ccccc2C)CN(C(=O)CN(Cc2ccccc2)Cc2cscn2)CC1)C(=O)O. The van der Waals surface area contributed by atoms with Gasteiger partial charge in [-0.25, -0.2) is 9.78 Å². The van der Waals surface area contributed by atoms with Crippen LogP contribution in [0.4, 0.5) is 0 Å². The van der Waals surface area contributed by atoms with E-state index in [1.807, 2.05) is 73.2 Å². The third-order valence-corrected chi connectivity index (χ3v) is 8.41. The standard InChI is InChI=1S/C31H36N4O4S2/c1-22-8-6-7-11-25(22)27-18-35(14-12-26(27)30(37)33-28(31(38)39)13-15-40-2)29(36)19-34(17-24-20-41-21-32-24)16-23-9-4-3-5-10-23/h3-11,20-21,28H,12-19H2,1-2H3,(H,33,37)(H,38,39). The lowest BCUT2D eigenvalue weighted by Gasteiger charge is -2.33. The molecule has 41 heavy (non-hydrogen) atoms. The Labute approximate surface area is 249 Å². The third kappa shape index (κ3) is 8.51. The second-order valence-corrected chi connectivity index (χ2v) is 11.8. The van der Waals surface area contributed by atoms with Crippen molar-refractivity contribution in [2.45, 2.75) is 38.9 Å². The normalized spacial score (nSPS) is 14.3. The first-order valence-corrected chi connectivity index (χ1v) is 15.9. The fourth-order valence-electron chi connectivity index (χ4n) is 4.97. The molecule has 2 aromatic carbocycles. The van der Waals surface area contributed by atoms with E-state index in [1.165, 1.54) is 11.3 Å². The predicted molar refractivity (Wildman–Crippen MR) is 165 cm³/mol. The highest BCUT2D eigenvalue weighted by Gasteiger charge is 2.30. The van der Waals surface area contributed by atoms with E-state index in [-0.39, 0.29) is 24.9 Å². The van der Waals surface area contributed by atoms with Crippen molar-refractivity contribution in [3.8, 4) is 0 Å². The molecule has 0 aliphatic carbocycles. The van der Waals surface area contributed by atoms with E-state index < -0.39 is 12.0 Å². The van der Waals surface area contributed by atoms with Crippen molar-refractivity contribution >= 4 is 46.5 Å². The van der Waals surface area contributed by atoms with Crippen LogP contribution < -0.4 is 5.32 Å². The molecule has 0 fully saturated rings. The van der Waals surface area contributed by atoms with E-state index in [2.05, 4.69) is 15.2 Å². The summed E-state index contributed by atoms with van der Waals surface area (Å²) in [5.41, 5.74) is 7.04. The zero-order valence-electron chi connectivity index (χ0n) is 23.4. The second-order valence-electron chi connectivity index (χ2n) is 10.1. The molecule has 1 aliphatic rings. The zero-order valence-corrected chi connectivity index (χ0v) is 25.0. The lowest BCUT2D eigenvalue weighted by atomic mass is 9.90. The zero-order chi connectivity index (χ0) is 29.2. The maximum absolute atomic E-state index is 13.7. The van der Waals surface area contributed by atoms with Crippen LogP contribution in [0, 0.1) is 6.92 Å². The summed E-state index contributed by atoms with van der Waals surface area (Å²) in [6, 6.07) is 16.9. The van der Waals surface area contributed by atoms with Gasteiger partial charge in [0.05, 0.1) is 17.7 Å². The molecule has 1 aliphatic heterocycles. The summed E-state index contributed by atoms with van der Waals surface area (Å²) in [5.74, 6) is -0.816. The minimum Gasteiger partial charge on any atom is -0.480 e. The molecule has 1 aromatic heterocycles. The molecule has 2 N–H and O–H groups in total. The Balaban J connectivity index is 1.56. The van der Waals surface area contributed by atoms with E-state index in [9.17, 15) is 19.5 Å². The molecule has 2 amide bonds. The number of aliphatic carboxylic acids is 1. The number of nitrogens with one attached hydrogen (secondary N) is 1. The summed E-state index contributed by atoms with van der Waals surface area (Å²) in [4.78, 5) is 47.3. The second kappa shape index (κ2) is 15.0. The number of nitrogens with zero attached hydrogens (tertiary/aromatic N) is 3. The van der Waals surface area contributed by atoms with Crippen LogP contribution in [-0.2, 0) is 27.5 Å². The van der Waals surface area contributed by atoms with Crippen LogP contribution in [0.5, 0.6) is 0 Å². The monoisotopic (exact) mass is 592 g/mol. The molecule has 0 saturated heterocycles. The van der Waals surface area contributed by atoms with Crippen LogP contribution in [0.3, 0.4) is 0 Å². The smallest absolute Gasteiger partial charge is 0.326 e. The van der Waals surface area contributed by atoms with Crippen molar-refractivity contribution in [1.82, 2.24) is 20.1 Å². The molecule has 0 saturated carbocycles. The topological polar surface area (TPSA) is 103 Å². The first-order valence-electron chi connectivity index (χ1n) is 13.6. The minimum absolute atomic E-state index is 0.0231. The highest BCUT2D eigenvalue weighted by molar-refractivity contribution is 7.98. The lowest BCUT2D eigenvalue weighted by Crippen LogP contribution is -2.46. The van der Waals surface area contributed by atoms with Crippen LogP contribution in [0.25, 0.3) is 5.57 Å². The van der Waals surface area contributed by atoms with Gasteiger partial charge in [0.1, 0.15) is 6.04 Å². The molecule has 10 heteroatoms. The van der Waals surface area contributed by atoms with E-state index in [4.69, 9.17) is 0 Å². The number of hydrogen-bond acceptors (Lipinski definition) is 7. The summed E-state index contributed by atoms with van der Waals surface area (Å²) < 4.78 is 0. The summed E-state index contributed by atoms with van der Waals surface area (Å²) in [6.45, 7) is 4.02. The number of thiazole rings is 1. The lowest BCUT2D eigenvalue weighted by molar-refractivity contribution is -0.141. The number of carboxylic acid groups (broad SMARTS) is 1. The summed E-state index contributed by atoms with van der Waals surface area (Å²) in [7, 11) is 0. The Bertz CT molecular complexity index is 1360.